The molecule has 0 radical (unpaired) electrons. The van der Waals surface area contributed by atoms with Crippen molar-refractivity contribution in [2.45, 2.75) is 25.3 Å². The standard InChI is InChI=1S/C10H12N2O6/c11-3-1-2-10(8(15)16)4-6(7(13)14)12(5-10)9(17)18/h6H,1-2,4-5H2,(H,13,14)(H,15,16)(H,17,18). The van der Waals surface area contributed by atoms with Gasteiger partial charge in [-0.1, -0.05) is 0 Å². The molecular weight excluding hydrogens is 244 g/mol. The molecule has 1 saturated heterocycles. The molecule has 2 atom stereocenters. The Morgan fingerprint density at radius 2 is 1.94 bits per heavy atom. The number of carboxylic acid groups (broad SMARTS) is 3. The van der Waals surface area contributed by atoms with E-state index < -0.39 is 36.0 Å². The zero-order valence-corrected chi connectivity index (χ0v) is 9.37. The number of carboxylic acids is 2. The molecule has 0 aromatic carbocycles. The molecule has 3 N–H and O–H groups in total. The highest BCUT2D eigenvalue weighted by atomic mass is 16.4. The van der Waals surface area contributed by atoms with Gasteiger partial charge in [0.05, 0.1) is 11.5 Å². The smallest absolute Gasteiger partial charge is 0.408 e. The van der Waals surface area contributed by atoms with Gasteiger partial charge in [0.15, 0.2) is 0 Å². The van der Waals surface area contributed by atoms with Gasteiger partial charge in [-0.3, -0.25) is 9.69 Å². The topological polar surface area (TPSA) is 139 Å². The van der Waals surface area contributed by atoms with E-state index in [1.54, 1.807) is 6.07 Å². The molecule has 2 unspecified atom stereocenters. The van der Waals surface area contributed by atoms with Gasteiger partial charge in [0.2, 0.25) is 0 Å². The maximum Gasteiger partial charge on any atom is 0.408 e. The van der Waals surface area contributed by atoms with Gasteiger partial charge >= 0.3 is 18.0 Å². The fourth-order valence-corrected chi connectivity index (χ4v) is 2.14. The monoisotopic (exact) mass is 256 g/mol. The predicted octanol–water partition coefficient (Wildman–Crippen LogP) is 0.198. The van der Waals surface area contributed by atoms with E-state index in [0.29, 0.717) is 4.90 Å². The van der Waals surface area contributed by atoms with Gasteiger partial charge in [0.25, 0.3) is 0 Å². The summed E-state index contributed by atoms with van der Waals surface area (Å²) in [5.74, 6) is -2.65. The quantitative estimate of drug-likeness (QED) is 0.652. The molecule has 8 heteroatoms. The lowest BCUT2D eigenvalue weighted by Crippen LogP contribution is -2.40. The van der Waals surface area contributed by atoms with E-state index in [1.807, 2.05) is 0 Å². The molecule has 1 aliphatic heterocycles. The van der Waals surface area contributed by atoms with E-state index in [4.69, 9.17) is 20.6 Å². The second kappa shape index (κ2) is 4.91. The minimum Gasteiger partial charge on any atom is -0.481 e. The lowest BCUT2D eigenvalue weighted by atomic mass is 9.81. The third-order valence-electron chi connectivity index (χ3n) is 3.13. The summed E-state index contributed by atoms with van der Waals surface area (Å²) in [6.45, 7) is -0.406. The van der Waals surface area contributed by atoms with Crippen molar-refractivity contribution in [2.75, 3.05) is 6.54 Å². The van der Waals surface area contributed by atoms with Crippen LogP contribution in [0.3, 0.4) is 0 Å². The number of carbonyl (C=O) groups is 3. The fourth-order valence-electron chi connectivity index (χ4n) is 2.14. The van der Waals surface area contributed by atoms with Crippen LogP contribution in [0.1, 0.15) is 19.3 Å². The second-order valence-corrected chi connectivity index (χ2v) is 4.21. The number of amides is 1. The highest BCUT2D eigenvalue weighted by Gasteiger charge is 2.53. The minimum atomic E-state index is -1.49. The largest absolute Gasteiger partial charge is 0.481 e. The Kier molecular flexibility index (Phi) is 3.76. The molecule has 1 fully saturated rings. The number of aliphatic carboxylic acids is 2. The SMILES string of the molecule is N#CCCC1(C(=O)O)CC(C(=O)O)N(C(=O)O)C1. The molecule has 1 rings (SSSR count). The van der Waals surface area contributed by atoms with Gasteiger partial charge in [-0.2, -0.15) is 5.26 Å². The zero-order chi connectivity index (χ0) is 13.9. The zero-order valence-electron chi connectivity index (χ0n) is 9.37. The number of hydrogen-bond donors (Lipinski definition) is 3. The molecule has 18 heavy (non-hydrogen) atoms. The normalized spacial score (nSPS) is 26.6. The fraction of sp³-hybridized carbons (Fsp3) is 0.600. The molecule has 1 amide bonds. The lowest BCUT2D eigenvalue weighted by Gasteiger charge is -2.22. The Morgan fingerprint density at radius 1 is 1.33 bits per heavy atom. The van der Waals surface area contributed by atoms with Crippen LogP contribution in [0.5, 0.6) is 0 Å². The Bertz CT molecular complexity index is 405. The van der Waals surface area contributed by atoms with Gasteiger partial charge in [-0.15, -0.1) is 0 Å². The van der Waals surface area contributed by atoms with Gasteiger partial charge in [-0.05, 0) is 12.8 Å². The summed E-state index contributed by atoms with van der Waals surface area (Å²) in [5, 5.41) is 35.4. The van der Waals surface area contributed by atoms with E-state index in [2.05, 4.69) is 0 Å². The summed E-state index contributed by atoms with van der Waals surface area (Å²) in [4.78, 5) is 33.7. The van der Waals surface area contributed by atoms with Crippen molar-refractivity contribution in [1.29, 1.82) is 5.26 Å². The van der Waals surface area contributed by atoms with Crippen LogP contribution in [0, 0.1) is 16.7 Å². The van der Waals surface area contributed by atoms with Crippen LogP contribution in [-0.2, 0) is 9.59 Å². The Balaban J connectivity index is 3.03. The van der Waals surface area contributed by atoms with Crippen molar-refractivity contribution in [3.63, 3.8) is 0 Å². The Labute approximate surface area is 102 Å². The molecule has 0 aliphatic carbocycles. The number of nitriles is 1. The first-order chi connectivity index (χ1) is 8.34. The van der Waals surface area contributed by atoms with Crippen LogP contribution in [0.4, 0.5) is 4.79 Å². The van der Waals surface area contributed by atoms with E-state index in [1.165, 1.54) is 0 Å². The van der Waals surface area contributed by atoms with Crippen molar-refractivity contribution in [2.24, 2.45) is 5.41 Å². The van der Waals surface area contributed by atoms with Crippen LogP contribution in [0.15, 0.2) is 0 Å². The van der Waals surface area contributed by atoms with E-state index in [-0.39, 0.29) is 19.3 Å². The Hall–Kier alpha value is -2.30. The van der Waals surface area contributed by atoms with Crippen LogP contribution in [0.25, 0.3) is 0 Å². The van der Waals surface area contributed by atoms with Crippen molar-refractivity contribution >= 4 is 18.0 Å². The summed E-state index contributed by atoms with van der Waals surface area (Å²) < 4.78 is 0. The first-order valence-electron chi connectivity index (χ1n) is 5.17. The number of rotatable bonds is 4. The molecule has 0 saturated carbocycles. The maximum atomic E-state index is 11.2. The van der Waals surface area contributed by atoms with Gasteiger partial charge in [0.1, 0.15) is 6.04 Å². The van der Waals surface area contributed by atoms with Crippen LogP contribution >= 0.6 is 0 Å². The molecule has 1 aliphatic rings. The molecule has 8 nitrogen and oxygen atoms in total. The molecular formula is C10H12N2O6. The summed E-state index contributed by atoms with van der Waals surface area (Å²) in [5.41, 5.74) is -1.49. The first kappa shape index (κ1) is 13.8. The van der Waals surface area contributed by atoms with Crippen LogP contribution < -0.4 is 0 Å². The Morgan fingerprint density at radius 3 is 2.28 bits per heavy atom. The summed E-state index contributed by atoms with van der Waals surface area (Å²) >= 11 is 0. The highest BCUT2D eigenvalue weighted by Crippen LogP contribution is 2.39. The molecule has 98 valence electrons. The predicted molar refractivity (Wildman–Crippen MR) is 55.7 cm³/mol. The van der Waals surface area contributed by atoms with E-state index in [0.717, 1.165) is 0 Å². The van der Waals surface area contributed by atoms with Gasteiger partial charge in [0, 0.05) is 13.0 Å². The summed E-state index contributed by atoms with van der Waals surface area (Å²) in [6, 6.07) is 0.408. The highest BCUT2D eigenvalue weighted by molar-refractivity contribution is 5.84. The maximum absolute atomic E-state index is 11.2. The minimum absolute atomic E-state index is 0.0631. The molecule has 0 aromatic heterocycles. The number of nitrogens with zero attached hydrogens (tertiary/aromatic N) is 2. The number of hydrogen-bond acceptors (Lipinski definition) is 4. The lowest BCUT2D eigenvalue weighted by molar-refractivity contribution is -0.148. The van der Waals surface area contributed by atoms with E-state index >= 15 is 0 Å². The molecule has 0 spiro atoms. The summed E-state index contributed by atoms with van der Waals surface area (Å²) in [6.07, 6.45) is -1.91. The summed E-state index contributed by atoms with van der Waals surface area (Å²) in [7, 11) is 0. The third kappa shape index (κ3) is 2.34. The third-order valence-corrected chi connectivity index (χ3v) is 3.13. The van der Waals surface area contributed by atoms with Gasteiger partial charge in [-0.25, -0.2) is 9.59 Å². The van der Waals surface area contributed by atoms with Crippen molar-refractivity contribution in [1.82, 2.24) is 4.90 Å². The van der Waals surface area contributed by atoms with Gasteiger partial charge < -0.3 is 15.3 Å². The molecule has 0 bridgehead atoms. The second-order valence-electron chi connectivity index (χ2n) is 4.21. The van der Waals surface area contributed by atoms with Crippen molar-refractivity contribution in [3.05, 3.63) is 0 Å². The van der Waals surface area contributed by atoms with Crippen LogP contribution in [-0.4, -0.2) is 50.8 Å². The van der Waals surface area contributed by atoms with Crippen LogP contribution in [0.2, 0.25) is 0 Å². The van der Waals surface area contributed by atoms with E-state index in [9.17, 15) is 14.4 Å². The average molecular weight is 256 g/mol. The van der Waals surface area contributed by atoms with Crippen molar-refractivity contribution < 1.29 is 29.7 Å². The molecule has 0 aromatic rings. The molecule has 1 heterocycles. The average Bonchev–Trinajstić information content (AvgIpc) is 2.68. The first-order valence-corrected chi connectivity index (χ1v) is 5.17. The number of likely N-dealkylation sites (tertiary alicyclic amines) is 1. The van der Waals surface area contributed by atoms with Crippen molar-refractivity contribution in [3.8, 4) is 6.07 Å².